The summed E-state index contributed by atoms with van der Waals surface area (Å²) >= 11 is 1.52. The zero-order valence-electron chi connectivity index (χ0n) is 14.8. The minimum atomic E-state index is -0.388. The number of thiazole rings is 1. The van der Waals surface area contributed by atoms with Crippen LogP contribution in [0, 0.1) is 13.8 Å². The van der Waals surface area contributed by atoms with Crippen LogP contribution in [-0.4, -0.2) is 17.2 Å². The third-order valence-electron chi connectivity index (χ3n) is 3.85. The Morgan fingerprint density at radius 2 is 1.96 bits per heavy atom. The molecule has 130 valence electrons. The lowest BCUT2D eigenvalue weighted by Gasteiger charge is -2.05. The van der Waals surface area contributed by atoms with Crippen LogP contribution < -0.4 is 14.9 Å². The molecule has 6 heteroatoms. The third-order valence-corrected chi connectivity index (χ3v) is 4.93. The van der Waals surface area contributed by atoms with Gasteiger partial charge in [-0.05, 0) is 62.2 Å². The average Bonchev–Trinajstić information content (AvgIpc) is 2.85. The molecule has 25 heavy (non-hydrogen) atoms. The van der Waals surface area contributed by atoms with Gasteiger partial charge in [0.1, 0.15) is 5.75 Å². The van der Waals surface area contributed by atoms with Crippen LogP contribution in [0.5, 0.6) is 5.75 Å². The van der Waals surface area contributed by atoms with E-state index in [4.69, 9.17) is 4.74 Å². The van der Waals surface area contributed by atoms with E-state index in [1.54, 1.807) is 12.1 Å². The van der Waals surface area contributed by atoms with Gasteiger partial charge in [0.15, 0.2) is 4.80 Å². The number of urea groups is 1. The second kappa shape index (κ2) is 7.11. The monoisotopic (exact) mass is 355 g/mol. The zero-order chi connectivity index (χ0) is 18.0. The lowest BCUT2D eigenvalue weighted by atomic mass is 10.1. The van der Waals surface area contributed by atoms with Gasteiger partial charge in [-0.15, -0.1) is 0 Å². The van der Waals surface area contributed by atoms with Crippen molar-refractivity contribution in [2.24, 2.45) is 12.0 Å². The number of hydrogen-bond acceptors (Lipinski definition) is 3. The molecule has 0 fully saturated rings. The van der Waals surface area contributed by atoms with E-state index in [1.165, 1.54) is 22.5 Å². The van der Waals surface area contributed by atoms with Gasteiger partial charge in [0, 0.05) is 12.7 Å². The highest BCUT2D eigenvalue weighted by Crippen LogP contribution is 2.22. The van der Waals surface area contributed by atoms with Crippen LogP contribution >= 0.6 is 11.3 Å². The summed E-state index contributed by atoms with van der Waals surface area (Å²) in [6.07, 6.45) is 0. The molecule has 3 aromatic rings. The largest absolute Gasteiger partial charge is 0.494 e. The summed E-state index contributed by atoms with van der Waals surface area (Å²) in [5, 5.41) is 2.79. The first-order chi connectivity index (χ1) is 12.0. The molecule has 0 unspecified atom stereocenters. The number of aryl methyl sites for hydroxylation is 3. The highest BCUT2D eigenvalue weighted by Gasteiger charge is 2.08. The molecule has 0 bridgehead atoms. The molecule has 0 saturated carbocycles. The molecule has 1 N–H and O–H groups in total. The Morgan fingerprint density at radius 3 is 2.64 bits per heavy atom. The fourth-order valence-corrected chi connectivity index (χ4v) is 4.02. The summed E-state index contributed by atoms with van der Waals surface area (Å²) < 4.78 is 8.49. The van der Waals surface area contributed by atoms with Gasteiger partial charge in [-0.25, -0.2) is 4.79 Å². The van der Waals surface area contributed by atoms with E-state index in [9.17, 15) is 4.79 Å². The molecule has 0 spiro atoms. The van der Waals surface area contributed by atoms with Crippen LogP contribution in [0.3, 0.4) is 0 Å². The quantitative estimate of drug-likeness (QED) is 0.757. The van der Waals surface area contributed by atoms with E-state index in [0.717, 1.165) is 16.0 Å². The molecular weight excluding hydrogens is 334 g/mol. The normalized spacial score (nSPS) is 11.8. The van der Waals surface area contributed by atoms with E-state index in [1.807, 2.05) is 30.7 Å². The zero-order valence-corrected chi connectivity index (χ0v) is 15.6. The molecule has 0 aliphatic carbocycles. The number of ether oxygens (including phenoxy) is 1. The number of nitrogens with one attached hydrogen (secondary N) is 1. The van der Waals surface area contributed by atoms with Crippen LogP contribution in [0.4, 0.5) is 10.5 Å². The van der Waals surface area contributed by atoms with Crippen LogP contribution in [0.25, 0.3) is 10.2 Å². The van der Waals surface area contributed by atoms with Crippen molar-refractivity contribution >= 4 is 33.3 Å². The van der Waals surface area contributed by atoms with Crippen LogP contribution in [0.15, 0.2) is 41.4 Å². The van der Waals surface area contributed by atoms with Gasteiger partial charge in [0.25, 0.3) is 0 Å². The number of carbonyl (C=O) groups is 1. The first kappa shape index (κ1) is 17.2. The van der Waals surface area contributed by atoms with Gasteiger partial charge in [-0.1, -0.05) is 17.4 Å². The van der Waals surface area contributed by atoms with E-state index in [2.05, 4.69) is 36.3 Å². The number of hydrogen-bond donors (Lipinski definition) is 1. The van der Waals surface area contributed by atoms with Gasteiger partial charge in [-0.3, -0.25) is 0 Å². The third kappa shape index (κ3) is 3.74. The fraction of sp³-hybridized carbons (Fsp3) is 0.263. The first-order valence-electron chi connectivity index (χ1n) is 8.13. The van der Waals surface area contributed by atoms with Gasteiger partial charge < -0.3 is 14.6 Å². The number of rotatable bonds is 3. The molecular formula is C19H21N3O2S. The number of aromatic nitrogens is 1. The molecule has 2 amide bonds. The standard InChI is InChI=1S/C19H21N3O2S/c1-5-24-15-8-6-14(7-9-15)20-18(23)21-19-22(4)17-13(3)10-12(2)11-16(17)25-19/h6-11H,5H2,1-4H3,(H,20,23). The smallest absolute Gasteiger partial charge is 0.348 e. The van der Waals surface area contributed by atoms with Crippen LogP contribution in [0.1, 0.15) is 18.1 Å². The predicted molar refractivity (Wildman–Crippen MR) is 102 cm³/mol. The Kier molecular flexibility index (Phi) is 4.90. The van der Waals surface area contributed by atoms with Crippen molar-refractivity contribution in [3.63, 3.8) is 0 Å². The molecule has 1 aromatic heterocycles. The second-order valence-corrected chi connectivity index (χ2v) is 6.88. The summed E-state index contributed by atoms with van der Waals surface area (Å²) in [5.41, 5.74) is 4.19. The molecule has 3 rings (SSSR count). The molecule has 0 aliphatic heterocycles. The average molecular weight is 355 g/mol. The molecule has 0 radical (unpaired) electrons. The summed E-state index contributed by atoms with van der Waals surface area (Å²) in [6, 6.07) is 11.1. The molecule has 2 aromatic carbocycles. The van der Waals surface area contributed by atoms with Crippen LogP contribution in [0.2, 0.25) is 0 Å². The Morgan fingerprint density at radius 1 is 1.24 bits per heavy atom. The van der Waals surface area contributed by atoms with E-state index < -0.39 is 0 Å². The lowest BCUT2D eigenvalue weighted by Crippen LogP contribution is -2.16. The van der Waals surface area contributed by atoms with Crippen molar-refractivity contribution in [3.8, 4) is 5.75 Å². The molecule has 5 nitrogen and oxygen atoms in total. The van der Waals surface area contributed by atoms with Crippen molar-refractivity contribution in [2.45, 2.75) is 20.8 Å². The lowest BCUT2D eigenvalue weighted by molar-refractivity contribution is 0.259. The highest BCUT2D eigenvalue weighted by atomic mass is 32.1. The number of anilines is 1. The minimum absolute atomic E-state index is 0.388. The molecule has 0 atom stereocenters. The maximum absolute atomic E-state index is 12.3. The van der Waals surface area contributed by atoms with Crippen molar-refractivity contribution in [3.05, 3.63) is 52.3 Å². The predicted octanol–water partition coefficient (Wildman–Crippen LogP) is 4.39. The van der Waals surface area contributed by atoms with Gasteiger partial charge in [-0.2, -0.15) is 4.99 Å². The van der Waals surface area contributed by atoms with Gasteiger partial charge in [0.2, 0.25) is 0 Å². The Bertz CT molecular complexity index is 984. The Hall–Kier alpha value is -2.60. The van der Waals surface area contributed by atoms with Crippen molar-refractivity contribution in [1.29, 1.82) is 0 Å². The topological polar surface area (TPSA) is 55.6 Å². The molecule has 0 saturated heterocycles. The summed E-state index contributed by atoms with van der Waals surface area (Å²) in [6.45, 7) is 6.69. The highest BCUT2D eigenvalue weighted by molar-refractivity contribution is 7.16. The van der Waals surface area contributed by atoms with Crippen molar-refractivity contribution in [2.75, 3.05) is 11.9 Å². The van der Waals surface area contributed by atoms with E-state index >= 15 is 0 Å². The van der Waals surface area contributed by atoms with Gasteiger partial charge >= 0.3 is 6.03 Å². The summed E-state index contributed by atoms with van der Waals surface area (Å²) in [4.78, 5) is 17.2. The summed E-state index contributed by atoms with van der Waals surface area (Å²) in [5.74, 6) is 0.777. The number of carbonyl (C=O) groups excluding carboxylic acids is 1. The van der Waals surface area contributed by atoms with Crippen molar-refractivity contribution < 1.29 is 9.53 Å². The van der Waals surface area contributed by atoms with E-state index in [0.29, 0.717) is 17.1 Å². The molecule has 1 heterocycles. The Balaban J connectivity index is 1.87. The van der Waals surface area contributed by atoms with Gasteiger partial charge in [0.05, 0.1) is 16.8 Å². The maximum atomic E-state index is 12.3. The Labute approximate surface area is 150 Å². The number of fused-ring (bicyclic) bond motifs is 1. The van der Waals surface area contributed by atoms with Crippen LogP contribution in [-0.2, 0) is 7.05 Å². The minimum Gasteiger partial charge on any atom is -0.494 e. The first-order valence-corrected chi connectivity index (χ1v) is 8.95. The second-order valence-electron chi connectivity index (χ2n) is 5.87. The fourth-order valence-electron chi connectivity index (χ4n) is 2.83. The SMILES string of the molecule is CCOc1ccc(NC(=O)N=c2sc3cc(C)cc(C)c3n2C)cc1. The maximum Gasteiger partial charge on any atom is 0.348 e. The number of nitrogens with zero attached hydrogens (tertiary/aromatic N) is 2. The number of amides is 2. The molecule has 0 aliphatic rings. The van der Waals surface area contributed by atoms with E-state index in [-0.39, 0.29) is 6.03 Å². The van der Waals surface area contributed by atoms with Crippen molar-refractivity contribution in [1.82, 2.24) is 4.57 Å². The number of benzene rings is 2. The summed E-state index contributed by atoms with van der Waals surface area (Å²) in [7, 11) is 1.93.